The number of aliphatic hydroxyl groups is 2. The first-order valence-electron chi connectivity index (χ1n) is 8.53. The summed E-state index contributed by atoms with van der Waals surface area (Å²) in [6.07, 6.45) is 4.12. The van der Waals surface area contributed by atoms with Gasteiger partial charge in [0.2, 0.25) is 0 Å². The second-order valence-corrected chi connectivity index (χ2v) is 6.80. The molecular formula is C20H28O3. The van der Waals surface area contributed by atoms with Crippen LogP contribution < -0.4 is 0 Å². The Bertz CT molecular complexity index is 578. The average molecular weight is 316 g/mol. The maximum atomic E-state index is 11.8. The average Bonchev–Trinajstić information content (AvgIpc) is 2.48. The Morgan fingerprint density at radius 3 is 2.35 bits per heavy atom. The zero-order valence-corrected chi connectivity index (χ0v) is 14.4. The Hall–Kier alpha value is -1.45. The fourth-order valence-corrected chi connectivity index (χ4v) is 3.46. The van der Waals surface area contributed by atoms with E-state index in [1.54, 1.807) is 0 Å². The van der Waals surface area contributed by atoms with Crippen LogP contribution in [0.1, 0.15) is 54.4 Å². The van der Waals surface area contributed by atoms with Crippen molar-refractivity contribution in [2.45, 2.75) is 71.5 Å². The van der Waals surface area contributed by atoms with Gasteiger partial charge in [-0.25, -0.2) is 0 Å². The molecule has 0 aromatic heterocycles. The van der Waals surface area contributed by atoms with Crippen molar-refractivity contribution in [1.29, 1.82) is 0 Å². The zero-order valence-electron chi connectivity index (χ0n) is 14.4. The van der Waals surface area contributed by atoms with E-state index in [0.29, 0.717) is 18.4 Å². The summed E-state index contributed by atoms with van der Waals surface area (Å²) in [5, 5.41) is 20.4. The van der Waals surface area contributed by atoms with Gasteiger partial charge in [0.25, 0.3) is 0 Å². The topological polar surface area (TPSA) is 57.5 Å². The summed E-state index contributed by atoms with van der Waals surface area (Å²) in [5.74, 6) is 0.118. The van der Waals surface area contributed by atoms with E-state index < -0.39 is 12.2 Å². The maximum absolute atomic E-state index is 11.8. The van der Waals surface area contributed by atoms with Crippen LogP contribution in [0.5, 0.6) is 0 Å². The highest BCUT2D eigenvalue weighted by atomic mass is 16.3. The van der Waals surface area contributed by atoms with Crippen LogP contribution in [-0.2, 0) is 11.2 Å². The van der Waals surface area contributed by atoms with Crippen LogP contribution in [0.4, 0.5) is 0 Å². The molecule has 0 aliphatic heterocycles. The van der Waals surface area contributed by atoms with Crippen LogP contribution in [-0.4, -0.2) is 28.2 Å². The number of hydrogen-bond acceptors (Lipinski definition) is 3. The predicted molar refractivity (Wildman–Crippen MR) is 92.5 cm³/mol. The third kappa shape index (κ3) is 4.76. The lowest BCUT2D eigenvalue weighted by Gasteiger charge is -2.21. The highest BCUT2D eigenvalue weighted by Crippen LogP contribution is 2.22. The van der Waals surface area contributed by atoms with Crippen LogP contribution >= 0.6 is 0 Å². The number of rotatable bonds is 6. The smallest absolute Gasteiger partial charge is 0.158 e. The van der Waals surface area contributed by atoms with Crippen molar-refractivity contribution in [3.05, 3.63) is 46.0 Å². The molecule has 2 unspecified atom stereocenters. The summed E-state index contributed by atoms with van der Waals surface area (Å²) < 4.78 is 0. The molecule has 23 heavy (non-hydrogen) atoms. The lowest BCUT2D eigenvalue weighted by atomic mass is 9.90. The van der Waals surface area contributed by atoms with Crippen molar-refractivity contribution < 1.29 is 15.0 Å². The quantitative estimate of drug-likeness (QED) is 0.846. The molecule has 2 N–H and O–H groups in total. The molecule has 0 radical (unpaired) electrons. The monoisotopic (exact) mass is 316 g/mol. The van der Waals surface area contributed by atoms with Gasteiger partial charge >= 0.3 is 0 Å². The van der Waals surface area contributed by atoms with E-state index in [-0.39, 0.29) is 12.2 Å². The minimum atomic E-state index is -0.866. The molecule has 1 aliphatic rings. The molecule has 1 aromatic rings. The lowest BCUT2D eigenvalue weighted by molar-refractivity contribution is -0.116. The third-order valence-electron chi connectivity index (χ3n) is 4.76. The number of ketones is 1. The predicted octanol–water partition coefficient (Wildman–Crippen LogP) is 3.34. The molecule has 2 atom stereocenters. The number of carbonyl (C=O) groups excluding carboxylic acids is 1. The second-order valence-electron chi connectivity index (χ2n) is 6.80. The largest absolute Gasteiger partial charge is 0.390 e. The van der Waals surface area contributed by atoms with Crippen LogP contribution in [0.25, 0.3) is 0 Å². The highest BCUT2D eigenvalue weighted by Gasteiger charge is 2.22. The normalized spacial score (nSPS) is 17.8. The van der Waals surface area contributed by atoms with Crippen molar-refractivity contribution in [2.75, 3.05) is 0 Å². The minimum absolute atomic E-state index is 0.118. The summed E-state index contributed by atoms with van der Waals surface area (Å²) in [6, 6.07) is 4.30. The highest BCUT2D eigenvalue weighted by molar-refractivity contribution is 5.96. The molecule has 0 bridgehead atoms. The summed E-state index contributed by atoms with van der Waals surface area (Å²) in [7, 11) is 0. The van der Waals surface area contributed by atoms with Crippen molar-refractivity contribution in [3.63, 3.8) is 0 Å². The first-order valence-corrected chi connectivity index (χ1v) is 8.53. The summed E-state index contributed by atoms with van der Waals surface area (Å²) >= 11 is 0. The lowest BCUT2D eigenvalue weighted by Crippen LogP contribution is -2.28. The Labute approximate surface area is 139 Å². The molecule has 0 fully saturated rings. The van der Waals surface area contributed by atoms with Crippen molar-refractivity contribution in [2.24, 2.45) is 0 Å². The van der Waals surface area contributed by atoms with Gasteiger partial charge in [-0.1, -0.05) is 23.8 Å². The molecule has 0 heterocycles. The van der Waals surface area contributed by atoms with Crippen molar-refractivity contribution >= 4 is 5.78 Å². The first-order chi connectivity index (χ1) is 10.9. The molecule has 0 spiro atoms. The number of aryl methyl sites for hydroxylation is 3. The molecule has 0 saturated carbocycles. The molecular weight excluding hydrogens is 288 g/mol. The van der Waals surface area contributed by atoms with Crippen LogP contribution in [0.15, 0.2) is 23.8 Å². The van der Waals surface area contributed by atoms with E-state index in [9.17, 15) is 15.0 Å². The number of aliphatic hydroxyl groups excluding tert-OH is 2. The summed E-state index contributed by atoms with van der Waals surface area (Å²) in [4.78, 5) is 11.8. The number of benzene rings is 1. The van der Waals surface area contributed by atoms with Crippen LogP contribution in [0.3, 0.4) is 0 Å². The molecule has 3 nitrogen and oxygen atoms in total. The van der Waals surface area contributed by atoms with Crippen molar-refractivity contribution in [1.82, 2.24) is 0 Å². The van der Waals surface area contributed by atoms with E-state index in [2.05, 4.69) is 32.9 Å². The van der Waals surface area contributed by atoms with Gasteiger partial charge in [0, 0.05) is 12.8 Å². The van der Waals surface area contributed by atoms with E-state index in [0.717, 1.165) is 19.3 Å². The van der Waals surface area contributed by atoms with Gasteiger partial charge in [0.05, 0.1) is 12.2 Å². The van der Waals surface area contributed by atoms with E-state index in [1.165, 1.54) is 22.3 Å². The standard InChI is InChI=1S/C20H28O3/c1-13-10-14(2)17(15(3)11-13)8-9-19(22)20(23)12-16-6-4-5-7-18(16)21/h6,10-11,19-20,22-23H,4-5,7-9,12H2,1-3H3. The Morgan fingerprint density at radius 2 is 1.74 bits per heavy atom. The van der Waals surface area contributed by atoms with E-state index >= 15 is 0 Å². The molecule has 1 aliphatic carbocycles. The van der Waals surface area contributed by atoms with Gasteiger partial charge in [-0.2, -0.15) is 0 Å². The van der Waals surface area contributed by atoms with Crippen LogP contribution in [0.2, 0.25) is 0 Å². The Kier molecular flexibility index (Phi) is 6.14. The number of carbonyl (C=O) groups is 1. The fourth-order valence-electron chi connectivity index (χ4n) is 3.46. The molecule has 126 valence electrons. The Morgan fingerprint density at radius 1 is 1.09 bits per heavy atom. The van der Waals surface area contributed by atoms with E-state index in [1.807, 2.05) is 6.08 Å². The van der Waals surface area contributed by atoms with Gasteiger partial charge in [0.1, 0.15) is 0 Å². The summed E-state index contributed by atoms with van der Waals surface area (Å²) in [5.41, 5.74) is 5.64. The summed E-state index contributed by atoms with van der Waals surface area (Å²) in [6.45, 7) is 6.25. The number of Topliss-reactive ketones (excluding diaryl/α,β-unsaturated/α-hetero) is 1. The third-order valence-corrected chi connectivity index (χ3v) is 4.76. The van der Waals surface area contributed by atoms with Gasteiger partial charge in [-0.15, -0.1) is 0 Å². The van der Waals surface area contributed by atoms with Gasteiger partial charge in [0.15, 0.2) is 5.78 Å². The molecule has 0 saturated heterocycles. The molecule has 1 aromatic carbocycles. The van der Waals surface area contributed by atoms with Crippen molar-refractivity contribution in [3.8, 4) is 0 Å². The van der Waals surface area contributed by atoms with Crippen LogP contribution in [0, 0.1) is 20.8 Å². The second kappa shape index (κ2) is 7.89. The molecule has 0 amide bonds. The van der Waals surface area contributed by atoms with Gasteiger partial charge in [-0.05, 0) is 68.7 Å². The number of allylic oxidation sites excluding steroid dienone is 1. The zero-order chi connectivity index (χ0) is 17.0. The fraction of sp³-hybridized carbons (Fsp3) is 0.550. The van der Waals surface area contributed by atoms with E-state index in [4.69, 9.17) is 0 Å². The SMILES string of the molecule is Cc1cc(C)c(CCC(O)C(O)CC2=CCCCC2=O)c(C)c1. The Balaban J connectivity index is 1.93. The first kappa shape index (κ1) is 17.9. The van der Waals surface area contributed by atoms with Gasteiger partial charge in [-0.3, -0.25) is 4.79 Å². The minimum Gasteiger partial charge on any atom is -0.390 e. The molecule has 3 heteroatoms. The number of hydrogen-bond donors (Lipinski definition) is 2. The van der Waals surface area contributed by atoms with Gasteiger partial charge < -0.3 is 10.2 Å². The maximum Gasteiger partial charge on any atom is 0.158 e. The molecule has 2 rings (SSSR count).